The minimum atomic E-state index is 0.425. The van der Waals surface area contributed by atoms with Crippen molar-refractivity contribution in [1.29, 1.82) is 0 Å². The van der Waals surface area contributed by atoms with Gasteiger partial charge >= 0.3 is 0 Å². The Bertz CT molecular complexity index is 366. The summed E-state index contributed by atoms with van der Waals surface area (Å²) in [6.45, 7) is 2.31. The number of thiophene rings is 1. The predicted octanol–water partition coefficient (Wildman–Crippen LogP) is 4.10. The summed E-state index contributed by atoms with van der Waals surface area (Å²) in [5.41, 5.74) is 3.07. The first-order valence-electron chi connectivity index (χ1n) is 6.92. The van der Waals surface area contributed by atoms with Crippen LogP contribution in [0.5, 0.6) is 0 Å². The lowest BCUT2D eigenvalue weighted by Gasteiger charge is -2.34. The quantitative estimate of drug-likeness (QED) is 0.630. The third kappa shape index (κ3) is 3.56. The SMILES string of the molecule is CCC1CCCC(C(Cc2sccc2Br)NN)C1. The van der Waals surface area contributed by atoms with Gasteiger partial charge in [-0.2, -0.15) is 0 Å². The molecule has 0 spiro atoms. The second-order valence-electron chi connectivity index (χ2n) is 5.37. The molecule has 1 saturated carbocycles. The highest BCUT2D eigenvalue weighted by atomic mass is 79.9. The molecule has 1 heterocycles. The average molecular weight is 331 g/mol. The van der Waals surface area contributed by atoms with Crippen molar-refractivity contribution in [3.8, 4) is 0 Å². The van der Waals surface area contributed by atoms with Crippen molar-refractivity contribution in [3.63, 3.8) is 0 Å². The second-order valence-corrected chi connectivity index (χ2v) is 7.22. The van der Waals surface area contributed by atoms with Crippen LogP contribution in [0.4, 0.5) is 0 Å². The number of hydrogen-bond donors (Lipinski definition) is 2. The van der Waals surface area contributed by atoms with Crippen LogP contribution in [0.25, 0.3) is 0 Å². The topological polar surface area (TPSA) is 38.0 Å². The van der Waals surface area contributed by atoms with Crippen LogP contribution in [0.2, 0.25) is 0 Å². The Morgan fingerprint density at radius 3 is 3.00 bits per heavy atom. The van der Waals surface area contributed by atoms with Gasteiger partial charge in [-0.1, -0.05) is 26.2 Å². The van der Waals surface area contributed by atoms with E-state index in [-0.39, 0.29) is 0 Å². The Hall–Kier alpha value is 0.1000. The molecule has 0 amide bonds. The minimum Gasteiger partial charge on any atom is -0.271 e. The first-order chi connectivity index (χ1) is 8.74. The van der Waals surface area contributed by atoms with E-state index in [0.29, 0.717) is 6.04 Å². The molecule has 2 rings (SSSR count). The van der Waals surface area contributed by atoms with E-state index in [1.54, 1.807) is 0 Å². The van der Waals surface area contributed by atoms with Gasteiger partial charge in [-0.3, -0.25) is 11.3 Å². The van der Waals surface area contributed by atoms with Crippen LogP contribution < -0.4 is 11.3 Å². The van der Waals surface area contributed by atoms with Gasteiger partial charge in [0.1, 0.15) is 0 Å². The largest absolute Gasteiger partial charge is 0.271 e. The predicted molar refractivity (Wildman–Crippen MR) is 82.6 cm³/mol. The van der Waals surface area contributed by atoms with Gasteiger partial charge in [0.15, 0.2) is 0 Å². The van der Waals surface area contributed by atoms with Crippen molar-refractivity contribution in [2.24, 2.45) is 17.7 Å². The maximum atomic E-state index is 5.80. The molecule has 102 valence electrons. The maximum absolute atomic E-state index is 5.80. The van der Waals surface area contributed by atoms with E-state index in [1.165, 1.54) is 41.5 Å². The summed E-state index contributed by atoms with van der Waals surface area (Å²) < 4.78 is 1.23. The fraction of sp³-hybridized carbons (Fsp3) is 0.714. The van der Waals surface area contributed by atoms with E-state index < -0.39 is 0 Å². The number of halogens is 1. The molecule has 3 N–H and O–H groups in total. The van der Waals surface area contributed by atoms with Crippen LogP contribution in [0.15, 0.2) is 15.9 Å². The van der Waals surface area contributed by atoms with E-state index in [4.69, 9.17) is 5.84 Å². The van der Waals surface area contributed by atoms with Crippen molar-refractivity contribution < 1.29 is 0 Å². The number of rotatable bonds is 5. The normalized spacial score (nSPS) is 26.2. The van der Waals surface area contributed by atoms with Gasteiger partial charge in [-0.05, 0) is 58.5 Å². The molecule has 1 aromatic rings. The highest BCUT2D eigenvalue weighted by molar-refractivity contribution is 9.10. The van der Waals surface area contributed by atoms with Crippen molar-refractivity contribution in [2.75, 3.05) is 0 Å². The highest BCUT2D eigenvalue weighted by Crippen LogP contribution is 2.35. The smallest absolute Gasteiger partial charge is 0.0314 e. The van der Waals surface area contributed by atoms with Crippen molar-refractivity contribution in [2.45, 2.75) is 51.5 Å². The monoisotopic (exact) mass is 330 g/mol. The van der Waals surface area contributed by atoms with E-state index in [9.17, 15) is 0 Å². The first-order valence-corrected chi connectivity index (χ1v) is 8.59. The summed E-state index contributed by atoms with van der Waals surface area (Å²) in [4.78, 5) is 1.41. The molecule has 18 heavy (non-hydrogen) atoms. The van der Waals surface area contributed by atoms with Crippen molar-refractivity contribution in [3.05, 3.63) is 20.8 Å². The lowest BCUT2D eigenvalue weighted by molar-refractivity contribution is 0.208. The summed E-state index contributed by atoms with van der Waals surface area (Å²) in [5.74, 6) is 7.44. The standard InChI is InChI=1S/C14H23BrN2S/c1-2-10-4-3-5-11(8-10)13(17-16)9-14-12(15)6-7-18-14/h6-7,10-11,13,17H,2-5,8-9,16H2,1H3. The van der Waals surface area contributed by atoms with Gasteiger partial charge in [0.2, 0.25) is 0 Å². The summed E-state index contributed by atoms with van der Waals surface area (Å²) in [5, 5.41) is 2.14. The molecule has 1 aliphatic carbocycles. The molecular weight excluding hydrogens is 308 g/mol. The Morgan fingerprint density at radius 2 is 2.39 bits per heavy atom. The third-order valence-electron chi connectivity index (χ3n) is 4.28. The number of nitrogens with two attached hydrogens (primary N) is 1. The molecule has 1 aromatic heterocycles. The van der Waals surface area contributed by atoms with Crippen LogP contribution in [0.1, 0.15) is 43.9 Å². The van der Waals surface area contributed by atoms with E-state index in [2.05, 4.69) is 39.7 Å². The van der Waals surface area contributed by atoms with Gasteiger partial charge in [0.25, 0.3) is 0 Å². The molecule has 0 aromatic carbocycles. The Labute approximate surface area is 122 Å². The molecule has 0 radical (unpaired) electrons. The minimum absolute atomic E-state index is 0.425. The van der Waals surface area contributed by atoms with E-state index in [0.717, 1.165) is 18.3 Å². The summed E-state index contributed by atoms with van der Waals surface area (Å²) in [6.07, 6.45) is 7.81. The molecular formula is C14H23BrN2S. The fourth-order valence-electron chi connectivity index (χ4n) is 3.10. The molecule has 0 saturated heterocycles. The van der Waals surface area contributed by atoms with Gasteiger partial charge in [-0.25, -0.2) is 0 Å². The van der Waals surface area contributed by atoms with Crippen molar-refractivity contribution >= 4 is 27.3 Å². The zero-order chi connectivity index (χ0) is 13.0. The van der Waals surface area contributed by atoms with E-state index >= 15 is 0 Å². The molecule has 3 atom stereocenters. The van der Waals surface area contributed by atoms with E-state index in [1.807, 2.05) is 11.3 Å². The van der Waals surface area contributed by atoms with Gasteiger partial charge in [0, 0.05) is 15.4 Å². The lowest BCUT2D eigenvalue weighted by Crippen LogP contribution is -2.44. The third-order valence-corrected chi connectivity index (χ3v) is 6.23. The maximum Gasteiger partial charge on any atom is 0.0314 e. The average Bonchev–Trinajstić information content (AvgIpc) is 2.81. The highest BCUT2D eigenvalue weighted by Gasteiger charge is 2.27. The zero-order valence-corrected chi connectivity index (χ0v) is 13.4. The number of hydrazine groups is 1. The zero-order valence-electron chi connectivity index (χ0n) is 11.0. The van der Waals surface area contributed by atoms with Gasteiger partial charge < -0.3 is 0 Å². The number of hydrogen-bond acceptors (Lipinski definition) is 3. The Balaban J connectivity index is 1.97. The Kier molecular flexibility index (Phi) is 5.67. The molecule has 0 aliphatic heterocycles. The van der Waals surface area contributed by atoms with Crippen LogP contribution in [-0.4, -0.2) is 6.04 Å². The summed E-state index contributed by atoms with van der Waals surface area (Å²) in [6, 6.07) is 2.55. The van der Waals surface area contributed by atoms with Crippen LogP contribution in [0.3, 0.4) is 0 Å². The van der Waals surface area contributed by atoms with Crippen LogP contribution in [0, 0.1) is 11.8 Å². The molecule has 1 fully saturated rings. The summed E-state index contributed by atoms with van der Waals surface area (Å²) >= 11 is 5.44. The molecule has 1 aliphatic rings. The second kappa shape index (κ2) is 7.04. The molecule has 2 nitrogen and oxygen atoms in total. The fourth-order valence-corrected chi connectivity index (χ4v) is 4.68. The molecule has 4 heteroatoms. The van der Waals surface area contributed by atoms with Crippen LogP contribution >= 0.6 is 27.3 Å². The van der Waals surface area contributed by atoms with Gasteiger partial charge in [-0.15, -0.1) is 11.3 Å². The van der Waals surface area contributed by atoms with Gasteiger partial charge in [0.05, 0.1) is 0 Å². The van der Waals surface area contributed by atoms with Crippen molar-refractivity contribution in [1.82, 2.24) is 5.43 Å². The summed E-state index contributed by atoms with van der Waals surface area (Å²) in [7, 11) is 0. The molecule has 3 unspecified atom stereocenters. The Morgan fingerprint density at radius 1 is 1.56 bits per heavy atom. The first kappa shape index (κ1) is 14.5. The lowest BCUT2D eigenvalue weighted by atomic mass is 9.76. The van der Waals surface area contributed by atoms with Crippen LogP contribution in [-0.2, 0) is 6.42 Å². The number of nitrogens with one attached hydrogen (secondary N) is 1. The molecule has 0 bridgehead atoms.